The normalized spacial score (nSPS) is 12.8. The predicted molar refractivity (Wildman–Crippen MR) is 101 cm³/mol. The zero-order valence-electron chi connectivity index (χ0n) is 15.7. The number of rotatable bonds is 7. The average Bonchev–Trinajstić information content (AvgIpc) is 3.06. The lowest BCUT2D eigenvalue weighted by Gasteiger charge is -2.21. The summed E-state index contributed by atoms with van der Waals surface area (Å²) < 4.78 is 31.7. The Bertz CT molecular complexity index is 859. The smallest absolute Gasteiger partial charge is 0.251 e. The number of anilines is 1. The summed E-state index contributed by atoms with van der Waals surface area (Å²) in [5, 5.41) is 2.87. The van der Waals surface area contributed by atoms with Crippen LogP contribution in [-0.4, -0.2) is 52.9 Å². The van der Waals surface area contributed by atoms with E-state index >= 15 is 0 Å². The fourth-order valence-corrected chi connectivity index (χ4v) is 3.70. The molecule has 0 spiro atoms. The summed E-state index contributed by atoms with van der Waals surface area (Å²) in [5.41, 5.74) is 0.821. The van der Waals surface area contributed by atoms with Crippen LogP contribution >= 0.6 is 0 Å². The molecule has 1 heterocycles. The monoisotopic (exact) mass is 379 g/mol. The van der Waals surface area contributed by atoms with Crippen LogP contribution in [-0.2, 0) is 16.4 Å². The molecule has 142 valence electrons. The van der Waals surface area contributed by atoms with Gasteiger partial charge in [-0.05, 0) is 37.3 Å². The van der Waals surface area contributed by atoms with E-state index in [1.165, 1.54) is 20.2 Å². The number of carbonyl (C=O) groups is 1. The first-order chi connectivity index (χ1) is 12.1. The maximum Gasteiger partial charge on any atom is 0.251 e. The van der Waals surface area contributed by atoms with Gasteiger partial charge >= 0.3 is 0 Å². The zero-order chi connectivity index (χ0) is 19.5. The zero-order valence-corrected chi connectivity index (χ0v) is 16.5. The van der Waals surface area contributed by atoms with E-state index in [2.05, 4.69) is 5.32 Å². The van der Waals surface area contributed by atoms with E-state index in [1.54, 1.807) is 43.5 Å². The maximum absolute atomic E-state index is 12.6. The number of sulfonamides is 1. The molecule has 2 rings (SSSR count). The fourth-order valence-electron chi connectivity index (χ4n) is 2.52. The van der Waals surface area contributed by atoms with Gasteiger partial charge in [-0.1, -0.05) is 0 Å². The molecule has 0 saturated carbocycles. The van der Waals surface area contributed by atoms with Crippen molar-refractivity contribution >= 4 is 21.6 Å². The van der Waals surface area contributed by atoms with Gasteiger partial charge in [0.25, 0.3) is 5.91 Å². The summed E-state index contributed by atoms with van der Waals surface area (Å²) in [6.07, 6.45) is 2.14. The molecule has 1 N–H and O–H groups in total. The molecule has 0 aliphatic carbocycles. The molecule has 1 atom stereocenters. The summed E-state index contributed by atoms with van der Waals surface area (Å²) in [4.78, 5) is 14.4. The van der Waals surface area contributed by atoms with Crippen molar-refractivity contribution in [2.45, 2.75) is 24.3 Å². The summed E-state index contributed by atoms with van der Waals surface area (Å²) in [6, 6.07) is 8.16. The largest absolute Gasteiger partial charge is 0.469 e. The first-order valence-corrected chi connectivity index (χ1v) is 9.64. The lowest BCUT2D eigenvalue weighted by atomic mass is 10.1. The second-order valence-electron chi connectivity index (χ2n) is 6.52. The Hall–Kier alpha value is -2.32. The van der Waals surface area contributed by atoms with Crippen LogP contribution in [0.15, 0.2) is 45.9 Å². The second-order valence-corrected chi connectivity index (χ2v) is 8.64. The fraction of sp³-hybridized carbons (Fsp3) is 0.389. The third-order valence-electron chi connectivity index (χ3n) is 3.93. The Morgan fingerprint density at radius 1 is 1.19 bits per heavy atom. The number of hydrogen-bond acceptors (Lipinski definition) is 5. The summed E-state index contributed by atoms with van der Waals surface area (Å²) in [5.74, 6) is 0.446. The number of nitrogens with one attached hydrogen (secondary N) is 1. The average molecular weight is 379 g/mol. The quantitative estimate of drug-likeness (QED) is 0.795. The van der Waals surface area contributed by atoms with Gasteiger partial charge in [0.15, 0.2) is 0 Å². The van der Waals surface area contributed by atoms with Gasteiger partial charge in [-0.2, -0.15) is 0 Å². The predicted octanol–water partition coefficient (Wildman–Crippen LogP) is 1.96. The molecule has 8 heteroatoms. The Morgan fingerprint density at radius 3 is 2.42 bits per heavy atom. The molecule has 26 heavy (non-hydrogen) atoms. The van der Waals surface area contributed by atoms with Crippen LogP contribution in [0.4, 0.5) is 5.69 Å². The minimum atomic E-state index is -3.68. The summed E-state index contributed by atoms with van der Waals surface area (Å²) in [6.45, 7) is 1.87. The highest BCUT2D eigenvalue weighted by Gasteiger charge is 2.24. The van der Waals surface area contributed by atoms with Gasteiger partial charge in [-0.25, -0.2) is 12.7 Å². The van der Waals surface area contributed by atoms with Crippen LogP contribution < -0.4 is 10.2 Å². The van der Waals surface area contributed by atoms with E-state index in [4.69, 9.17) is 4.42 Å². The third-order valence-corrected chi connectivity index (χ3v) is 5.77. The Balaban J connectivity index is 2.28. The molecule has 7 nitrogen and oxygen atoms in total. The number of furan rings is 1. The number of nitrogens with zero attached hydrogens (tertiary/aromatic N) is 2. The van der Waals surface area contributed by atoms with Gasteiger partial charge in [0.05, 0.1) is 12.0 Å². The van der Waals surface area contributed by atoms with Gasteiger partial charge in [0, 0.05) is 46.2 Å². The first-order valence-electron chi connectivity index (χ1n) is 8.20. The van der Waals surface area contributed by atoms with E-state index in [0.29, 0.717) is 17.7 Å². The Morgan fingerprint density at radius 2 is 1.88 bits per heavy atom. The van der Waals surface area contributed by atoms with Gasteiger partial charge in [0.1, 0.15) is 10.7 Å². The molecular formula is C18H25N3O4S. The Kier molecular flexibility index (Phi) is 6.09. The summed E-state index contributed by atoms with van der Waals surface area (Å²) in [7, 11) is 2.77. The third kappa shape index (κ3) is 4.44. The Labute approximate surface area is 154 Å². The van der Waals surface area contributed by atoms with Crippen molar-refractivity contribution < 1.29 is 17.6 Å². The van der Waals surface area contributed by atoms with E-state index in [9.17, 15) is 13.2 Å². The molecule has 2 aromatic rings. The van der Waals surface area contributed by atoms with Crippen molar-refractivity contribution in [2.75, 3.05) is 33.1 Å². The molecule has 1 unspecified atom stereocenters. The van der Waals surface area contributed by atoms with Crippen molar-refractivity contribution in [1.82, 2.24) is 9.62 Å². The van der Waals surface area contributed by atoms with Crippen molar-refractivity contribution in [1.29, 1.82) is 0 Å². The van der Waals surface area contributed by atoms with Crippen LogP contribution in [0.3, 0.4) is 0 Å². The molecule has 0 saturated heterocycles. The van der Waals surface area contributed by atoms with E-state index in [-0.39, 0.29) is 16.8 Å². The molecule has 0 radical (unpaired) electrons. The van der Waals surface area contributed by atoms with Gasteiger partial charge in [-0.3, -0.25) is 4.79 Å². The molecule has 0 aliphatic heterocycles. The lowest BCUT2D eigenvalue weighted by molar-refractivity contribution is 0.0939. The standard InChI is InChI=1S/C18H25N3O4S/c1-13(11-15-7-6-10-25-15)19-18(22)14-8-9-16(20(2)3)17(12-14)26(23,24)21(4)5/h6-10,12-13H,11H2,1-5H3,(H,19,22). The van der Waals surface area contributed by atoms with E-state index in [0.717, 1.165) is 10.1 Å². The van der Waals surface area contributed by atoms with Gasteiger partial charge < -0.3 is 14.6 Å². The molecule has 1 amide bonds. The van der Waals surface area contributed by atoms with Crippen LogP contribution in [0.2, 0.25) is 0 Å². The van der Waals surface area contributed by atoms with Crippen LogP contribution in [0, 0.1) is 0 Å². The molecule has 0 aliphatic rings. The van der Waals surface area contributed by atoms with Gasteiger partial charge in [-0.15, -0.1) is 0 Å². The highest BCUT2D eigenvalue weighted by Crippen LogP contribution is 2.27. The molecule has 1 aromatic heterocycles. The number of hydrogen-bond donors (Lipinski definition) is 1. The minimum absolute atomic E-state index is 0.0961. The highest BCUT2D eigenvalue weighted by atomic mass is 32.2. The molecule has 0 fully saturated rings. The minimum Gasteiger partial charge on any atom is -0.469 e. The first kappa shape index (κ1) is 20.0. The lowest BCUT2D eigenvalue weighted by Crippen LogP contribution is -2.34. The van der Waals surface area contributed by atoms with Crippen molar-refractivity contribution in [3.63, 3.8) is 0 Å². The van der Waals surface area contributed by atoms with Crippen molar-refractivity contribution in [3.05, 3.63) is 47.9 Å². The van der Waals surface area contributed by atoms with Gasteiger partial charge in [0.2, 0.25) is 10.0 Å². The van der Waals surface area contributed by atoms with E-state index in [1.807, 2.05) is 13.0 Å². The van der Waals surface area contributed by atoms with Crippen LogP contribution in [0.25, 0.3) is 0 Å². The molecular weight excluding hydrogens is 354 g/mol. The summed E-state index contributed by atoms with van der Waals surface area (Å²) >= 11 is 0. The second kappa shape index (κ2) is 7.92. The van der Waals surface area contributed by atoms with Crippen molar-refractivity contribution in [3.8, 4) is 0 Å². The van der Waals surface area contributed by atoms with Crippen molar-refractivity contribution in [2.24, 2.45) is 0 Å². The SMILES string of the molecule is CC(Cc1ccco1)NC(=O)c1ccc(N(C)C)c(S(=O)(=O)N(C)C)c1. The topological polar surface area (TPSA) is 82.9 Å². The van der Waals surface area contributed by atoms with Crippen LogP contribution in [0.5, 0.6) is 0 Å². The number of benzene rings is 1. The number of carbonyl (C=O) groups excluding carboxylic acids is 1. The molecule has 0 bridgehead atoms. The maximum atomic E-state index is 12.6. The highest BCUT2D eigenvalue weighted by molar-refractivity contribution is 7.89. The molecule has 1 aromatic carbocycles. The number of amides is 1. The van der Waals surface area contributed by atoms with E-state index < -0.39 is 10.0 Å². The van der Waals surface area contributed by atoms with Crippen LogP contribution in [0.1, 0.15) is 23.0 Å².